The molecule has 0 aromatic heterocycles. The lowest BCUT2D eigenvalue weighted by atomic mass is 9.97. The smallest absolute Gasteiger partial charge is 0.245 e. The van der Waals surface area contributed by atoms with Crippen molar-refractivity contribution >= 4 is 11.6 Å². The highest BCUT2D eigenvalue weighted by Gasteiger charge is 2.18. The van der Waals surface area contributed by atoms with Crippen LogP contribution in [0.15, 0.2) is 48.5 Å². The molecule has 2 rings (SSSR count). The predicted octanol–water partition coefficient (Wildman–Crippen LogP) is 3.76. The maximum Gasteiger partial charge on any atom is 0.245 e. The molecule has 0 spiro atoms. The standard InChI is InChI=1S/C18H22N2O/c1-12(2)15-11-7-8-13(3)17(15)20-18(21)16(19)14-9-5-4-6-10-14/h4-12,16H,19H2,1-3H3,(H,20,21). The topological polar surface area (TPSA) is 55.1 Å². The van der Waals surface area contributed by atoms with Crippen molar-refractivity contribution in [3.05, 3.63) is 65.2 Å². The maximum atomic E-state index is 12.4. The Balaban J connectivity index is 2.24. The van der Waals surface area contributed by atoms with Crippen LogP contribution in [0.5, 0.6) is 0 Å². The van der Waals surface area contributed by atoms with Gasteiger partial charge in [-0.15, -0.1) is 0 Å². The quantitative estimate of drug-likeness (QED) is 0.897. The van der Waals surface area contributed by atoms with Gasteiger partial charge in [0.1, 0.15) is 6.04 Å². The largest absolute Gasteiger partial charge is 0.324 e. The van der Waals surface area contributed by atoms with Crippen LogP contribution in [0.25, 0.3) is 0 Å². The van der Waals surface area contributed by atoms with Gasteiger partial charge in [0.25, 0.3) is 0 Å². The number of nitrogens with one attached hydrogen (secondary N) is 1. The highest BCUT2D eigenvalue weighted by molar-refractivity contribution is 5.96. The molecule has 1 amide bonds. The lowest BCUT2D eigenvalue weighted by Crippen LogP contribution is -2.28. The Hall–Kier alpha value is -2.13. The van der Waals surface area contributed by atoms with Crippen LogP contribution < -0.4 is 11.1 Å². The summed E-state index contributed by atoms with van der Waals surface area (Å²) in [7, 11) is 0. The minimum absolute atomic E-state index is 0.183. The second-order valence-electron chi connectivity index (χ2n) is 5.57. The number of anilines is 1. The third-order valence-electron chi connectivity index (χ3n) is 3.62. The fourth-order valence-corrected chi connectivity index (χ4v) is 2.36. The molecule has 0 fully saturated rings. The number of aryl methyl sites for hydroxylation is 1. The Morgan fingerprint density at radius 3 is 2.33 bits per heavy atom. The van der Waals surface area contributed by atoms with Gasteiger partial charge >= 0.3 is 0 Å². The molecular weight excluding hydrogens is 260 g/mol. The Morgan fingerprint density at radius 1 is 1.05 bits per heavy atom. The van der Waals surface area contributed by atoms with Gasteiger partial charge in [0.2, 0.25) is 5.91 Å². The van der Waals surface area contributed by atoms with Crippen LogP contribution in [0.4, 0.5) is 5.69 Å². The van der Waals surface area contributed by atoms with Crippen molar-refractivity contribution in [1.29, 1.82) is 0 Å². The number of hydrogen-bond donors (Lipinski definition) is 2. The van der Waals surface area contributed by atoms with Crippen LogP contribution in [0.1, 0.15) is 42.5 Å². The third-order valence-corrected chi connectivity index (χ3v) is 3.62. The molecule has 2 aromatic rings. The Bertz CT molecular complexity index is 620. The zero-order chi connectivity index (χ0) is 15.4. The first kappa shape index (κ1) is 15.3. The summed E-state index contributed by atoms with van der Waals surface area (Å²) in [5.41, 5.74) is 9.92. The fourth-order valence-electron chi connectivity index (χ4n) is 2.36. The van der Waals surface area contributed by atoms with E-state index in [2.05, 4.69) is 19.2 Å². The highest BCUT2D eigenvalue weighted by atomic mass is 16.2. The van der Waals surface area contributed by atoms with E-state index in [-0.39, 0.29) is 5.91 Å². The number of carbonyl (C=O) groups is 1. The SMILES string of the molecule is Cc1cccc(C(C)C)c1NC(=O)C(N)c1ccccc1. The van der Waals surface area contributed by atoms with Crippen LogP contribution in [-0.2, 0) is 4.79 Å². The van der Waals surface area contributed by atoms with Gasteiger partial charge in [-0.25, -0.2) is 0 Å². The van der Waals surface area contributed by atoms with Crippen molar-refractivity contribution < 1.29 is 4.79 Å². The van der Waals surface area contributed by atoms with Crippen molar-refractivity contribution in [2.24, 2.45) is 5.73 Å². The van der Waals surface area contributed by atoms with Crippen LogP contribution in [-0.4, -0.2) is 5.91 Å². The molecule has 0 radical (unpaired) electrons. The highest BCUT2D eigenvalue weighted by Crippen LogP contribution is 2.28. The fraction of sp³-hybridized carbons (Fsp3) is 0.278. The summed E-state index contributed by atoms with van der Waals surface area (Å²) in [6.45, 7) is 6.22. The number of hydrogen-bond acceptors (Lipinski definition) is 2. The zero-order valence-corrected chi connectivity index (χ0v) is 12.8. The van der Waals surface area contributed by atoms with Crippen molar-refractivity contribution in [3.63, 3.8) is 0 Å². The van der Waals surface area contributed by atoms with Gasteiger partial charge in [-0.05, 0) is 29.5 Å². The Labute approximate surface area is 126 Å². The molecule has 0 bridgehead atoms. The monoisotopic (exact) mass is 282 g/mol. The molecule has 3 heteroatoms. The number of rotatable bonds is 4. The summed E-state index contributed by atoms with van der Waals surface area (Å²) < 4.78 is 0. The second-order valence-corrected chi connectivity index (χ2v) is 5.57. The van der Waals surface area contributed by atoms with Crippen LogP contribution in [0.3, 0.4) is 0 Å². The van der Waals surface area contributed by atoms with Gasteiger partial charge in [-0.2, -0.15) is 0 Å². The molecule has 21 heavy (non-hydrogen) atoms. The van der Waals surface area contributed by atoms with E-state index in [0.29, 0.717) is 5.92 Å². The van der Waals surface area contributed by atoms with Crippen LogP contribution in [0, 0.1) is 6.92 Å². The van der Waals surface area contributed by atoms with Gasteiger partial charge in [0.05, 0.1) is 0 Å². The molecule has 0 aliphatic rings. The number of carbonyl (C=O) groups excluding carboxylic acids is 1. The summed E-state index contributed by atoms with van der Waals surface area (Å²) >= 11 is 0. The summed E-state index contributed by atoms with van der Waals surface area (Å²) in [4.78, 5) is 12.4. The number of nitrogens with two attached hydrogens (primary N) is 1. The van der Waals surface area contributed by atoms with Crippen molar-refractivity contribution in [1.82, 2.24) is 0 Å². The summed E-state index contributed by atoms with van der Waals surface area (Å²) in [6, 6.07) is 14.8. The average Bonchev–Trinajstić information content (AvgIpc) is 2.49. The third kappa shape index (κ3) is 3.50. The molecule has 3 N–H and O–H groups in total. The molecule has 1 unspecified atom stereocenters. The first-order valence-electron chi connectivity index (χ1n) is 7.21. The van der Waals surface area contributed by atoms with Crippen molar-refractivity contribution in [2.75, 3.05) is 5.32 Å². The van der Waals surface area contributed by atoms with E-state index >= 15 is 0 Å². The van der Waals surface area contributed by atoms with Crippen LogP contribution in [0.2, 0.25) is 0 Å². The molecule has 0 aliphatic carbocycles. The first-order valence-corrected chi connectivity index (χ1v) is 7.21. The molecule has 0 aliphatic heterocycles. The minimum Gasteiger partial charge on any atom is -0.324 e. The van der Waals surface area contributed by atoms with E-state index in [1.807, 2.05) is 55.5 Å². The molecule has 0 saturated carbocycles. The van der Waals surface area contributed by atoms with E-state index in [0.717, 1.165) is 22.4 Å². The van der Waals surface area contributed by atoms with Gasteiger partial charge < -0.3 is 11.1 Å². The van der Waals surface area contributed by atoms with E-state index in [1.54, 1.807) is 0 Å². The minimum atomic E-state index is -0.661. The van der Waals surface area contributed by atoms with E-state index in [4.69, 9.17) is 5.73 Å². The molecule has 1 atom stereocenters. The second kappa shape index (κ2) is 6.55. The van der Waals surface area contributed by atoms with E-state index < -0.39 is 6.04 Å². The van der Waals surface area contributed by atoms with Gasteiger partial charge in [0, 0.05) is 5.69 Å². The maximum absolute atomic E-state index is 12.4. The van der Waals surface area contributed by atoms with Crippen molar-refractivity contribution in [3.8, 4) is 0 Å². The lowest BCUT2D eigenvalue weighted by Gasteiger charge is -2.19. The molecule has 0 saturated heterocycles. The zero-order valence-electron chi connectivity index (χ0n) is 12.8. The predicted molar refractivity (Wildman–Crippen MR) is 87.3 cm³/mol. The Kier molecular flexibility index (Phi) is 4.76. The summed E-state index contributed by atoms with van der Waals surface area (Å²) in [5, 5.41) is 2.99. The van der Waals surface area contributed by atoms with Crippen molar-refractivity contribution in [2.45, 2.75) is 32.7 Å². The van der Waals surface area contributed by atoms with Gasteiger partial charge in [-0.3, -0.25) is 4.79 Å². The van der Waals surface area contributed by atoms with Gasteiger partial charge in [-0.1, -0.05) is 62.4 Å². The summed E-state index contributed by atoms with van der Waals surface area (Å²) in [6.07, 6.45) is 0. The number of para-hydroxylation sites is 1. The lowest BCUT2D eigenvalue weighted by molar-refractivity contribution is -0.117. The number of amides is 1. The van der Waals surface area contributed by atoms with Crippen LogP contribution >= 0.6 is 0 Å². The average molecular weight is 282 g/mol. The van der Waals surface area contributed by atoms with E-state index in [9.17, 15) is 4.79 Å². The molecule has 2 aromatic carbocycles. The molecular formula is C18H22N2O. The van der Waals surface area contributed by atoms with E-state index in [1.165, 1.54) is 0 Å². The normalized spacial score (nSPS) is 12.2. The molecule has 3 nitrogen and oxygen atoms in total. The molecule has 0 heterocycles. The first-order chi connectivity index (χ1) is 10.0. The molecule has 110 valence electrons. The Morgan fingerprint density at radius 2 is 1.71 bits per heavy atom. The number of benzene rings is 2. The van der Waals surface area contributed by atoms with Gasteiger partial charge in [0.15, 0.2) is 0 Å². The summed E-state index contributed by atoms with van der Waals surface area (Å²) in [5.74, 6) is 0.158.